The maximum absolute atomic E-state index is 10.9. The van der Waals surface area contributed by atoms with Gasteiger partial charge in [0.1, 0.15) is 0 Å². The van der Waals surface area contributed by atoms with Gasteiger partial charge in [-0.15, -0.1) is 0 Å². The highest BCUT2D eigenvalue weighted by atomic mass is 16.6. The molecule has 1 saturated carbocycles. The van der Waals surface area contributed by atoms with E-state index in [-0.39, 0.29) is 5.95 Å². The van der Waals surface area contributed by atoms with Gasteiger partial charge < -0.3 is 9.63 Å². The predicted molar refractivity (Wildman–Crippen MR) is 27.0 cm³/mol. The molecule has 0 amide bonds. The van der Waals surface area contributed by atoms with Crippen LogP contribution >= 0.6 is 0 Å². The molecule has 0 spiro atoms. The fourth-order valence-corrected chi connectivity index (χ4v) is 1.76. The molecule has 10 heavy (non-hydrogen) atoms. The van der Waals surface area contributed by atoms with E-state index < -0.39 is 0 Å². The molecule has 0 aromatic carbocycles. The van der Waals surface area contributed by atoms with Crippen molar-refractivity contribution in [2.45, 2.75) is 18.9 Å². The summed E-state index contributed by atoms with van der Waals surface area (Å²) in [5.41, 5.74) is 0.796. The van der Waals surface area contributed by atoms with Crippen molar-refractivity contribution < 1.29 is 14.3 Å². The minimum absolute atomic E-state index is 0.231. The van der Waals surface area contributed by atoms with Crippen molar-refractivity contribution in [1.82, 2.24) is 5.27 Å². The van der Waals surface area contributed by atoms with Gasteiger partial charge in [-0.05, 0) is 6.42 Å². The topological polar surface area (TPSA) is 53.0 Å². The lowest BCUT2D eigenvalue weighted by atomic mass is 10.3. The summed E-state index contributed by atoms with van der Waals surface area (Å²) in [5.74, 6) is 0.954. The van der Waals surface area contributed by atoms with Gasteiger partial charge in [0.25, 0.3) is 0 Å². The second kappa shape index (κ2) is 1.19. The first-order chi connectivity index (χ1) is 4.86. The number of hydrogen-bond donors (Lipinski definition) is 0. The zero-order valence-corrected chi connectivity index (χ0v) is 5.28. The van der Waals surface area contributed by atoms with Crippen LogP contribution in [0.1, 0.15) is 18.0 Å². The Kier molecular flexibility index (Phi) is 0.560. The number of fused-ring (bicyclic) bond motifs is 3. The van der Waals surface area contributed by atoms with Gasteiger partial charge in [0.15, 0.2) is 12.5 Å². The molecule has 1 aromatic heterocycles. The van der Waals surface area contributed by atoms with Gasteiger partial charge in [0.2, 0.25) is 5.69 Å². The highest BCUT2D eigenvalue weighted by molar-refractivity contribution is 5.20. The van der Waals surface area contributed by atoms with E-state index in [1.54, 1.807) is 4.68 Å². The van der Waals surface area contributed by atoms with Gasteiger partial charge in [-0.1, -0.05) is 4.68 Å². The summed E-state index contributed by atoms with van der Waals surface area (Å²) in [6, 6.07) is 0. The van der Waals surface area contributed by atoms with E-state index in [1.807, 2.05) is 0 Å². The maximum atomic E-state index is 10.9. The van der Waals surface area contributed by atoms with E-state index in [9.17, 15) is 5.11 Å². The third kappa shape index (κ3) is 0.364. The van der Waals surface area contributed by atoms with Crippen LogP contribution in [-0.2, 0) is 6.54 Å². The van der Waals surface area contributed by atoms with Gasteiger partial charge in [0.05, 0.1) is 11.2 Å². The summed E-state index contributed by atoms with van der Waals surface area (Å²) in [4.78, 5) is 0. The minimum Gasteiger partial charge on any atom is -0.539 e. The standard InChI is InChI=1S/C6H6N2O2/c9-6-5-4-1-3(4)2-8(5)7-10-6/h3-4H,1-2H2/t3-,4-/m0/s1. The van der Waals surface area contributed by atoms with Crippen molar-refractivity contribution in [1.29, 1.82) is 0 Å². The van der Waals surface area contributed by atoms with Crippen molar-refractivity contribution in [2.24, 2.45) is 5.92 Å². The van der Waals surface area contributed by atoms with Crippen LogP contribution in [0.4, 0.5) is 0 Å². The molecule has 2 aliphatic rings. The number of rotatable bonds is 0. The molecule has 0 unspecified atom stereocenters. The zero-order chi connectivity index (χ0) is 6.72. The molecule has 1 fully saturated rings. The molecule has 1 aromatic rings. The lowest BCUT2D eigenvalue weighted by Gasteiger charge is -1.86. The van der Waals surface area contributed by atoms with Gasteiger partial charge >= 0.3 is 0 Å². The Hall–Kier alpha value is -1.06. The third-order valence-electron chi connectivity index (χ3n) is 2.39. The predicted octanol–water partition coefficient (Wildman–Crippen LogP) is -0.847. The zero-order valence-electron chi connectivity index (χ0n) is 5.28. The Morgan fingerprint density at radius 2 is 2.60 bits per heavy atom. The molecule has 0 radical (unpaired) electrons. The first-order valence-electron chi connectivity index (χ1n) is 3.43. The van der Waals surface area contributed by atoms with Crippen LogP contribution < -0.4 is 9.79 Å². The Labute approximate surface area is 57.0 Å². The SMILES string of the molecule is [O-]c1on[n+]2c1[C@H]1C[C@H]1C2. The van der Waals surface area contributed by atoms with E-state index in [4.69, 9.17) is 0 Å². The van der Waals surface area contributed by atoms with E-state index in [1.165, 1.54) is 0 Å². The molecular formula is C6H6N2O2. The minimum atomic E-state index is -0.231. The average molecular weight is 138 g/mol. The largest absolute Gasteiger partial charge is 0.539 e. The molecule has 52 valence electrons. The molecule has 0 N–H and O–H groups in total. The number of aromatic nitrogens is 2. The summed E-state index contributed by atoms with van der Waals surface area (Å²) >= 11 is 0. The molecule has 2 heterocycles. The molecular weight excluding hydrogens is 132 g/mol. The van der Waals surface area contributed by atoms with Gasteiger partial charge in [-0.25, -0.2) is 0 Å². The lowest BCUT2D eigenvalue weighted by Crippen LogP contribution is -2.36. The molecule has 1 aliphatic carbocycles. The molecule has 2 atom stereocenters. The maximum Gasteiger partial charge on any atom is 0.237 e. The molecule has 4 heteroatoms. The van der Waals surface area contributed by atoms with Crippen LogP contribution in [0.2, 0.25) is 0 Å². The number of hydrogen-bond acceptors (Lipinski definition) is 3. The van der Waals surface area contributed by atoms with Gasteiger partial charge in [-0.2, -0.15) is 0 Å². The van der Waals surface area contributed by atoms with E-state index >= 15 is 0 Å². The van der Waals surface area contributed by atoms with E-state index in [2.05, 4.69) is 9.79 Å². The molecule has 0 bridgehead atoms. The highest BCUT2D eigenvalue weighted by Crippen LogP contribution is 2.51. The van der Waals surface area contributed by atoms with Crippen molar-refractivity contribution in [3.63, 3.8) is 0 Å². The lowest BCUT2D eigenvalue weighted by molar-refractivity contribution is -0.762. The monoisotopic (exact) mass is 138 g/mol. The fourth-order valence-electron chi connectivity index (χ4n) is 1.76. The van der Waals surface area contributed by atoms with Crippen LogP contribution in [0.3, 0.4) is 0 Å². The quantitative estimate of drug-likeness (QED) is 0.439. The van der Waals surface area contributed by atoms with Gasteiger partial charge in [0, 0.05) is 5.92 Å². The molecule has 0 saturated heterocycles. The van der Waals surface area contributed by atoms with Crippen molar-refractivity contribution in [3.8, 4) is 5.95 Å². The molecule has 3 rings (SSSR count). The number of nitrogens with zero attached hydrogens (tertiary/aromatic N) is 2. The summed E-state index contributed by atoms with van der Waals surface area (Å²) in [7, 11) is 0. The van der Waals surface area contributed by atoms with Crippen LogP contribution in [0.5, 0.6) is 5.95 Å². The third-order valence-corrected chi connectivity index (χ3v) is 2.39. The van der Waals surface area contributed by atoms with Crippen LogP contribution in [0.15, 0.2) is 4.52 Å². The van der Waals surface area contributed by atoms with Gasteiger partial charge in [-0.3, -0.25) is 0 Å². The summed E-state index contributed by atoms with van der Waals surface area (Å²) < 4.78 is 6.19. The first-order valence-corrected chi connectivity index (χ1v) is 3.43. The van der Waals surface area contributed by atoms with Crippen molar-refractivity contribution in [3.05, 3.63) is 5.69 Å². The Bertz CT molecular complexity index is 294. The average Bonchev–Trinajstić information content (AvgIpc) is 2.40. The Morgan fingerprint density at radius 1 is 1.70 bits per heavy atom. The summed E-state index contributed by atoms with van der Waals surface area (Å²) in [6.07, 6.45) is 1.16. The van der Waals surface area contributed by atoms with Crippen molar-refractivity contribution in [2.75, 3.05) is 0 Å². The normalized spacial score (nSPS) is 33.6. The Morgan fingerprint density at radius 3 is 3.40 bits per heavy atom. The molecule has 4 nitrogen and oxygen atoms in total. The first kappa shape index (κ1) is 4.71. The Balaban J connectivity index is 2.25. The second-order valence-electron chi connectivity index (χ2n) is 3.03. The highest BCUT2D eigenvalue weighted by Gasteiger charge is 2.55. The van der Waals surface area contributed by atoms with E-state index in [0.29, 0.717) is 11.8 Å². The van der Waals surface area contributed by atoms with Crippen molar-refractivity contribution >= 4 is 0 Å². The molecule has 1 aliphatic heterocycles. The van der Waals surface area contributed by atoms with Crippen LogP contribution in [-0.4, -0.2) is 5.27 Å². The second-order valence-corrected chi connectivity index (χ2v) is 3.03. The van der Waals surface area contributed by atoms with Crippen LogP contribution in [0.25, 0.3) is 0 Å². The van der Waals surface area contributed by atoms with E-state index in [0.717, 1.165) is 18.7 Å². The fraction of sp³-hybridized carbons (Fsp3) is 0.667. The summed E-state index contributed by atoms with van der Waals surface area (Å²) in [5, 5.41) is 14.5. The smallest absolute Gasteiger partial charge is 0.237 e. The summed E-state index contributed by atoms with van der Waals surface area (Å²) in [6.45, 7) is 0.895. The van der Waals surface area contributed by atoms with Crippen LogP contribution in [0, 0.1) is 5.92 Å².